The minimum Gasteiger partial charge on any atom is -0.477 e. The van der Waals surface area contributed by atoms with Crippen LogP contribution in [0.4, 0.5) is 5.13 Å². The highest BCUT2D eigenvalue weighted by molar-refractivity contribution is 7.13. The third kappa shape index (κ3) is 2.82. The molecule has 2 aliphatic heterocycles. The van der Waals surface area contributed by atoms with Crippen LogP contribution in [0.3, 0.4) is 0 Å². The number of carbonyl (C=O) groups excluding carboxylic acids is 1. The zero-order valence-corrected chi connectivity index (χ0v) is 12.0. The van der Waals surface area contributed by atoms with Crippen LogP contribution < -0.4 is 4.90 Å². The molecule has 1 aromatic heterocycles. The fourth-order valence-corrected chi connectivity index (χ4v) is 3.03. The van der Waals surface area contributed by atoms with E-state index in [1.165, 1.54) is 0 Å². The zero-order chi connectivity index (χ0) is 14.8. The summed E-state index contributed by atoms with van der Waals surface area (Å²) in [6.07, 6.45) is 0.984. The Kier molecular flexibility index (Phi) is 3.74. The van der Waals surface area contributed by atoms with Crippen molar-refractivity contribution >= 4 is 34.1 Å². The van der Waals surface area contributed by atoms with E-state index >= 15 is 0 Å². The fourth-order valence-electron chi connectivity index (χ4n) is 2.33. The molecular formula is C12H14N4O4S. The van der Waals surface area contributed by atoms with Crippen molar-refractivity contribution in [1.29, 1.82) is 0 Å². The van der Waals surface area contributed by atoms with Gasteiger partial charge in [-0.3, -0.25) is 4.79 Å². The SMILES string of the molecule is O=C(O)C1=NOC(C(=O)N2CCN(c3nccs3)CC2)C1. The van der Waals surface area contributed by atoms with Gasteiger partial charge in [-0.25, -0.2) is 9.78 Å². The molecule has 21 heavy (non-hydrogen) atoms. The van der Waals surface area contributed by atoms with E-state index in [9.17, 15) is 9.59 Å². The Bertz CT molecular complexity index is 566. The van der Waals surface area contributed by atoms with Crippen molar-refractivity contribution < 1.29 is 19.5 Å². The molecule has 0 saturated carbocycles. The molecule has 0 aromatic carbocycles. The quantitative estimate of drug-likeness (QED) is 0.846. The first kappa shape index (κ1) is 13.8. The third-order valence-corrected chi connectivity index (χ3v) is 4.30. The Morgan fingerprint density at radius 1 is 1.33 bits per heavy atom. The molecule has 1 fully saturated rings. The topological polar surface area (TPSA) is 95.3 Å². The number of carboxylic acid groups (broad SMARTS) is 1. The summed E-state index contributed by atoms with van der Waals surface area (Å²) in [6.45, 7) is 2.55. The molecular weight excluding hydrogens is 296 g/mol. The Morgan fingerprint density at radius 3 is 2.67 bits per heavy atom. The summed E-state index contributed by atoms with van der Waals surface area (Å²) in [7, 11) is 0. The average molecular weight is 310 g/mol. The van der Waals surface area contributed by atoms with E-state index in [1.54, 1.807) is 22.4 Å². The van der Waals surface area contributed by atoms with Gasteiger partial charge < -0.3 is 19.7 Å². The number of thiazole rings is 1. The number of hydrogen-bond donors (Lipinski definition) is 1. The number of nitrogens with zero attached hydrogens (tertiary/aromatic N) is 4. The number of oxime groups is 1. The second-order valence-electron chi connectivity index (χ2n) is 4.77. The molecule has 1 saturated heterocycles. The molecule has 1 N–H and O–H groups in total. The van der Waals surface area contributed by atoms with E-state index in [-0.39, 0.29) is 18.0 Å². The van der Waals surface area contributed by atoms with Gasteiger partial charge in [0.1, 0.15) is 0 Å². The first-order valence-electron chi connectivity index (χ1n) is 6.54. The molecule has 1 amide bonds. The second kappa shape index (κ2) is 5.68. The number of carboxylic acids is 1. The van der Waals surface area contributed by atoms with Crippen molar-refractivity contribution in [2.45, 2.75) is 12.5 Å². The standard InChI is InChI=1S/C12H14N4O4S/c17-10(9-7-8(11(18)19)14-20-9)15-2-4-16(5-3-15)12-13-1-6-21-12/h1,6,9H,2-5,7H2,(H,18,19). The van der Waals surface area contributed by atoms with Crippen LogP contribution in [0.2, 0.25) is 0 Å². The number of anilines is 1. The summed E-state index contributed by atoms with van der Waals surface area (Å²) in [5, 5.41) is 15.1. The number of aliphatic carboxylic acids is 1. The summed E-state index contributed by atoms with van der Waals surface area (Å²) in [6, 6.07) is 0. The number of aromatic nitrogens is 1. The van der Waals surface area contributed by atoms with E-state index in [0.29, 0.717) is 26.2 Å². The van der Waals surface area contributed by atoms with Gasteiger partial charge in [-0.2, -0.15) is 0 Å². The van der Waals surface area contributed by atoms with Gasteiger partial charge in [0.15, 0.2) is 10.8 Å². The van der Waals surface area contributed by atoms with Crippen LogP contribution in [0, 0.1) is 0 Å². The van der Waals surface area contributed by atoms with E-state index in [4.69, 9.17) is 9.94 Å². The fraction of sp³-hybridized carbons (Fsp3) is 0.500. The summed E-state index contributed by atoms with van der Waals surface area (Å²) in [5.41, 5.74) is -0.102. The molecule has 3 heterocycles. The Labute approximate surface area is 124 Å². The smallest absolute Gasteiger partial charge is 0.353 e. The van der Waals surface area contributed by atoms with E-state index in [1.807, 2.05) is 5.38 Å². The molecule has 0 aliphatic carbocycles. The van der Waals surface area contributed by atoms with Crippen LogP contribution in [0.5, 0.6) is 0 Å². The first-order chi connectivity index (χ1) is 10.1. The van der Waals surface area contributed by atoms with Gasteiger partial charge in [-0.15, -0.1) is 11.3 Å². The number of piperazine rings is 1. The van der Waals surface area contributed by atoms with Crippen molar-refractivity contribution in [3.63, 3.8) is 0 Å². The van der Waals surface area contributed by atoms with Crippen LogP contribution in [0.1, 0.15) is 6.42 Å². The van der Waals surface area contributed by atoms with Crippen molar-refractivity contribution in [3.8, 4) is 0 Å². The average Bonchev–Trinajstić information content (AvgIpc) is 3.18. The van der Waals surface area contributed by atoms with Gasteiger partial charge in [0.2, 0.25) is 6.10 Å². The first-order valence-corrected chi connectivity index (χ1v) is 7.42. The number of hydrogen-bond acceptors (Lipinski definition) is 7. The summed E-state index contributed by atoms with van der Waals surface area (Å²) in [4.78, 5) is 36.0. The van der Waals surface area contributed by atoms with Crippen molar-refractivity contribution in [2.24, 2.45) is 5.16 Å². The Hall–Kier alpha value is -2.16. The maximum atomic E-state index is 12.3. The number of carbonyl (C=O) groups is 2. The number of amides is 1. The summed E-state index contributed by atoms with van der Waals surface area (Å²) in [5.74, 6) is -1.34. The highest BCUT2D eigenvalue weighted by Gasteiger charge is 2.35. The van der Waals surface area contributed by atoms with Gasteiger partial charge in [0, 0.05) is 44.2 Å². The monoisotopic (exact) mass is 310 g/mol. The van der Waals surface area contributed by atoms with Gasteiger partial charge in [0.25, 0.3) is 5.91 Å². The van der Waals surface area contributed by atoms with Crippen LogP contribution in [-0.2, 0) is 14.4 Å². The maximum absolute atomic E-state index is 12.3. The lowest BCUT2D eigenvalue weighted by Gasteiger charge is -2.35. The third-order valence-electron chi connectivity index (χ3n) is 3.47. The molecule has 1 aromatic rings. The van der Waals surface area contributed by atoms with Gasteiger partial charge in [-0.1, -0.05) is 5.16 Å². The highest BCUT2D eigenvalue weighted by Crippen LogP contribution is 2.20. The predicted octanol–water partition coefficient (Wildman–Crippen LogP) is 0.0212. The molecule has 0 radical (unpaired) electrons. The van der Waals surface area contributed by atoms with E-state index in [2.05, 4.69) is 15.0 Å². The lowest BCUT2D eigenvalue weighted by atomic mass is 10.1. The van der Waals surface area contributed by atoms with Gasteiger partial charge in [-0.05, 0) is 0 Å². The van der Waals surface area contributed by atoms with E-state index < -0.39 is 12.1 Å². The molecule has 9 heteroatoms. The van der Waals surface area contributed by atoms with Crippen LogP contribution in [-0.4, -0.2) is 64.9 Å². The molecule has 1 atom stereocenters. The van der Waals surface area contributed by atoms with Crippen molar-refractivity contribution in [2.75, 3.05) is 31.1 Å². The number of rotatable bonds is 3. The molecule has 1 unspecified atom stereocenters. The molecule has 3 rings (SSSR count). The van der Waals surface area contributed by atoms with E-state index in [0.717, 1.165) is 5.13 Å². The Balaban J connectivity index is 1.53. The summed E-state index contributed by atoms with van der Waals surface area (Å²) < 4.78 is 0. The molecule has 2 aliphatic rings. The lowest BCUT2D eigenvalue weighted by Crippen LogP contribution is -2.51. The second-order valence-corrected chi connectivity index (χ2v) is 5.64. The van der Waals surface area contributed by atoms with Crippen molar-refractivity contribution in [1.82, 2.24) is 9.88 Å². The molecule has 0 bridgehead atoms. The lowest BCUT2D eigenvalue weighted by molar-refractivity contribution is -0.142. The van der Waals surface area contributed by atoms with Crippen LogP contribution >= 0.6 is 11.3 Å². The molecule has 0 spiro atoms. The minimum atomic E-state index is -1.14. The largest absolute Gasteiger partial charge is 0.477 e. The highest BCUT2D eigenvalue weighted by atomic mass is 32.1. The summed E-state index contributed by atoms with van der Waals surface area (Å²) >= 11 is 1.57. The maximum Gasteiger partial charge on any atom is 0.353 e. The Morgan fingerprint density at radius 2 is 2.10 bits per heavy atom. The van der Waals surface area contributed by atoms with Crippen molar-refractivity contribution in [3.05, 3.63) is 11.6 Å². The predicted molar refractivity (Wildman–Crippen MR) is 75.5 cm³/mol. The minimum absolute atomic E-state index is 0.0286. The van der Waals surface area contributed by atoms with Crippen LogP contribution in [0.25, 0.3) is 0 Å². The van der Waals surface area contributed by atoms with Crippen LogP contribution in [0.15, 0.2) is 16.7 Å². The zero-order valence-electron chi connectivity index (χ0n) is 11.1. The molecule has 8 nitrogen and oxygen atoms in total. The molecule has 112 valence electrons. The van der Waals surface area contributed by atoms with Gasteiger partial charge >= 0.3 is 5.97 Å². The van der Waals surface area contributed by atoms with Gasteiger partial charge in [0.05, 0.1) is 0 Å². The normalized spacial score (nSPS) is 21.9.